The standard InChI is InChI=1S/C33H37N3O7S/c1-5-42-31(38)22-12-14-35(15-13-22)27(37)18-24-20-44-33-34-29(21-10-8-7-9-11-21)28(32(39)43-6-2)30(36(24)33)23-16-25(40-3)19-26(17-23)41-4/h7-11,16-17,19-20,22,30H,5-6,12-15,18H2,1-4H3/t30-/m1/s1. The average molecular weight is 620 g/mol. The van der Waals surface area contributed by atoms with Crippen molar-refractivity contribution in [3.05, 3.63) is 76.3 Å². The number of aliphatic imine (C=N–C) groups is 1. The highest BCUT2D eigenvalue weighted by atomic mass is 32.2. The molecule has 0 aromatic heterocycles. The molecular weight excluding hydrogens is 582 g/mol. The summed E-state index contributed by atoms with van der Waals surface area (Å²) in [5.74, 6) is 0.175. The van der Waals surface area contributed by atoms with Gasteiger partial charge < -0.3 is 28.7 Å². The molecule has 1 amide bonds. The number of amides is 1. The van der Waals surface area contributed by atoms with Crippen LogP contribution in [0, 0.1) is 5.92 Å². The summed E-state index contributed by atoms with van der Waals surface area (Å²) in [7, 11) is 3.15. The van der Waals surface area contributed by atoms with Crippen LogP contribution in [0.1, 0.15) is 50.3 Å². The number of benzene rings is 2. The van der Waals surface area contributed by atoms with Gasteiger partial charge in [-0.25, -0.2) is 9.79 Å². The van der Waals surface area contributed by atoms with Gasteiger partial charge in [0, 0.05) is 30.4 Å². The number of carbonyl (C=O) groups is 3. The van der Waals surface area contributed by atoms with E-state index < -0.39 is 12.0 Å². The molecular formula is C33H37N3O7S. The normalized spacial score (nSPS) is 18.3. The van der Waals surface area contributed by atoms with Gasteiger partial charge in [0.2, 0.25) is 5.91 Å². The molecule has 1 fully saturated rings. The lowest BCUT2D eigenvalue weighted by atomic mass is 9.91. The Kier molecular flexibility index (Phi) is 9.94. The van der Waals surface area contributed by atoms with E-state index in [0.29, 0.717) is 66.2 Å². The molecule has 5 rings (SSSR count). The zero-order chi connectivity index (χ0) is 31.2. The molecule has 2 aromatic carbocycles. The van der Waals surface area contributed by atoms with E-state index in [1.54, 1.807) is 39.0 Å². The van der Waals surface area contributed by atoms with Crippen molar-refractivity contribution in [2.45, 2.75) is 39.2 Å². The lowest BCUT2D eigenvalue weighted by molar-refractivity contribution is -0.151. The Bertz CT molecular complexity index is 1470. The van der Waals surface area contributed by atoms with Crippen molar-refractivity contribution in [2.75, 3.05) is 40.5 Å². The van der Waals surface area contributed by atoms with Gasteiger partial charge in [0.15, 0.2) is 5.17 Å². The highest BCUT2D eigenvalue weighted by Gasteiger charge is 2.43. The number of nitrogens with zero attached hydrogens (tertiary/aromatic N) is 3. The fraction of sp³-hybridized carbons (Fsp3) is 0.394. The predicted molar refractivity (Wildman–Crippen MR) is 168 cm³/mol. The van der Waals surface area contributed by atoms with Crippen LogP contribution in [0.2, 0.25) is 0 Å². The van der Waals surface area contributed by atoms with Crippen LogP contribution in [0.3, 0.4) is 0 Å². The average Bonchev–Trinajstić information content (AvgIpc) is 3.46. The topological polar surface area (TPSA) is 107 Å². The molecule has 0 aliphatic carbocycles. The molecule has 3 heterocycles. The molecule has 1 atom stereocenters. The monoisotopic (exact) mass is 619 g/mol. The summed E-state index contributed by atoms with van der Waals surface area (Å²) in [5.41, 5.74) is 3.08. The van der Waals surface area contributed by atoms with Gasteiger partial charge in [-0.1, -0.05) is 42.1 Å². The van der Waals surface area contributed by atoms with Crippen LogP contribution in [-0.4, -0.2) is 73.3 Å². The zero-order valence-corrected chi connectivity index (χ0v) is 26.2. The molecule has 2 aromatic rings. The van der Waals surface area contributed by atoms with Crippen molar-refractivity contribution in [3.63, 3.8) is 0 Å². The van der Waals surface area contributed by atoms with Gasteiger partial charge in [-0.3, -0.25) is 9.59 Å². The maximum atomic E-state index is 13.8. The minimum absolute atomic E-state index is 0.0575. The quantitative estimate of drug-likeness (QED) is 0.333. The number of ether oxygens (including phenoxy) is 4. The Hall–Kier alpha value is -4.25. The SMILES string of the molecule is CCOC(=O)C1=C(c2ccccc2)N=C2SC=C(CC(=O)N3CCC(C(=O)OCC)CC3)N2[C@@H]1c1cc(OC)cc(OC)c1. The van der Waals surface area contributed by atoms with Gasteiger partial charge in [-0.15, -0.1) is 0 Å². The van der Waals surface area contributed by atoms with Gasteiger partial charge in [0.25, 0.3) is 0 Å². The first kappa shape index (κ1) is 31.2. The van der Waals surface area contributed by atoms with E-state index in [-0.39, 0.29) is 30.8 Å². The summed E-state index contributed by atoms with van der Waals surface area (Å²) < 4.78 is 22.0. The van der Waals surface area contributed by atoms with E-state index in [2.05, 4.69) is 0 Å². The lowest BCUT2D eigenvalue weighted by Crippen LogP contribution is -2.42. The molecule has 3 aliphatic heterocycles. The summed E-state index contributed by atoms with van der Waals surface area (Å²) in [6, 6.07) is 14.3. The Morgan fingerprint density at radius 3 is 2.20 bits per heavy atom. The number of amidine groups is 1. The third-order valence-electron chi connectivity index (χ3n) is 7.84. The smallest absolute Gasteiger partial charge is 0.338 e. The second-order valence-corrected chi connectivity index (χ2v) is 11.3. The van der Waals surface area contributed by atoms with Crippen molar-refractivity contribution in [1.82, 2.24) is 9.80 Å². The first-order chi connectivity index (χ1) is 21.4. The van der Waals surface area contributed by atoms with Crippen LogP contribution in [0.25, 0.3) is 5.70 Å². The predicted octanol–water partition coefficient (Wildman–Crippen LogP) is 5.17. The number of piperidine rings is 1. The Morgan fingerprint density at radius 2 is 1.59 bits per heavy atom. The van der Waals surface area contributed by atoms with E-state index in [9.17, 15) is 14.4 Å². The van der Waals surface area contributed by atoms with Crippen molar-refractivity contribution >= 4 is 40.5 Å². The molecule has 0 unspecified atom stereocenters. The van der Waals surface area contributed by atoms with Crippen LogP contribution < -0.4 is 9.47 Å². The number of hydrogen-bond donors (Lipinski definition) is 0. The number of rotatable bonds is 10. The van der Waals surface area contributed by atoms with Crippen molar-refractivity contribution in [1.29, 1.82) is 0 Å². The van der Waals surface area contributed by atoms with E-state index >= 15 is 0 Å². The van der Waals surface area contributed by atoms with Gasteiger partial charge >= 0.3 is 11.9 Å². The number of carbonyl (C=O) groups excluding carboxylic acids is 3. The third-order valence-corrected chi connectivity index (χ3v) is 8.73. The number of thioether (sulfide) groups is 1. The Balaban J connectivity index is 1.52. The number of methoxy groups -OCH3 is 2. The summed E-state index contributed by atoms with van der Waals surface area (Å²) in [6.45, 7) is 5.05. The maximum absolute atomic E-state index is 13.8. The zero-order valence-electron chi connectivity index (χ0n) is 25.4. The molecule has 0 radical (unpaired) electrons. The first-order valence-electron chi connectivity index (χ1n) is 14.8. The largest absolute Gasteiger partial charge is 0.497 e. The highest BCUT2D eigenvalue weighted by molar-refractivity contribution is 8.16. The van der Waals surface area contributed by atoms with Gasteiger partial charge in [0.05, 0.1) is 57.1 Å². The second kappa shape index (κ2) is 14.0. The summed E-state index contributed by atoms with van der Waals surface area (Å²) in [5, 5.41) is 2.57. The van der Waals surface area contributed by atoms with Gasteiger partial charge in [-0.2, -0.15) is 0 Å². The molecule has 3 aliphatic rings. The number of fused-ring (bicyclic) bond motifs is 1. The van der Waals surface area contributed by atoms with Gasteiger partial charge in [0.1, 0.15) is 11.5 Å². The first-order valence-corrected chi connectivity index (χ1v) is 15.6. The molecule has 10 nitrogen and oxygen atoms in total. The third kappa shape index (κ3) is 6.47. The molecule has 0 N–H and O–H groups in total. The number of likely N-dealkylation sites (tertiary alicyclic amines) is 1. The van der Waals surface area contributed by atoms with Crippen molar-refractivity contribution in [3.8, 4) is 11.5 Å². The minimum atomic E-state index is -0.677. The lowest BCUT2D eigenvalue weighted by Gasteiger charge is -2.37. The highest BCUT2D eigenvalue weighted by Crippen LogP contribution is 2.48. The number of esters is 2. The molecule has 1 saturated heterocycles. The van der Waals surface area contributed by atoms with Crippen LogP contribution in [0.5, 0.6) is 11.5 Å². The molecule has 0 spiro atoms. The Labute approximate surface area is 261 Å². The Morgan fingerprint density at radius 1 is 0.932 bits per heavy atom. The van der Waals surface area contributed by atoms with Crippen molar-refractivity contribution < 1.29 is 33.3 Å². The van der Waals surface area contributed by atoms with Crippen molar-refractivity contribution in [2.24, 2.45) is 10.9 Å². The fourth-order valence-corrected chi connectivity index (χ4v) is 6.60. The van der Waals surface area contributed by atoms with Crippen LogP contribution in [-0.2, 0) is 23.9 Å². The molecule has 44 heavy (non-hydrogen) atoms. The summed E-state index contributed by atoms with van der Waals surface area (Å²) >= 11 is 1.41. The molecule has 232 valence electrons. The van der Waals surface area contributed by atoms with Gasteiger partial charge in [-0.05, 0) is 49.8 Å². The molecule has 11 heteroatoms. The van der Waals surface area contributed by atoms with Crippen LogP contribution in [0.4, 0.5) is 0 Å². The molecule has 0 saturated carbocycles. The number of hydrogen-bond acceptors (Lipinski definition) is 10. The maximum Gasteiger partial charge on any atom is 0.338 e. The van der Waals surface area contributed by atoms with Crippen LogP contribution >= 0.6 is 11.8 Å². The van der Waals surface area contributed by atoms with Crippen LogP contribution in [0.15, 0.2) is 70.2 Å². The minimum Gasteiger partial charge on any atom is -0.497 e. The van der Waals surface area contributed by atoms with E-state index in [1.165, 1.54) is 11.8 Å². The van der Waals surface area contributed by atoms with E-state index in [0.717, 1.165) is 11.1 Å². The second-order valence-electron chi connectivity index (χ2n) is 10.5. The van der Waals surface area contributed by atoms with E-state index in [4.69, 9.17) is 23.9 Å². The van der Waals surface area contributed by atoms with E-state index in [1.807, 2.05) is 52.8 Å². The molecule has 0 bridgehead atoms. The fourth-order valence-electron chi connectivity index (χ4n) is 5.68. The summed E-state index contributed by atoms with van der Waals surface area (Å²) in [6.07, 6.45) is 1.23. The summed E-state index contributed by atoms with van der Waals surface area (Å²) in [4.78, 5) is 48.3.